The summed E-state index contributed by atoms with van der Waals surface area (Å²) in [6.07, 6.45) is 6.90. The Morgan fingerprint density at radius 1 is 1.11 bits per heavy atom. The number of primary amides is 1. The molecule has 36 heavy (non-hydrogen) atoms. The number of imidazole rings is 1. The van der Waals surface area contributed by atoms with Gasteiger partial charge in [0.15, 0.2) is 5.65 Å². The highest BCUT2D eigenvalue weighted by molar-refractivity contribution is 6.39. The Morgan fingerprint density at radius 2 is 1.83 bits per heavy atom. The van der Waals surface area contributed by atoms with Crippen molar-refractivity contribution in [1.82, 2.24) is 19.5 Å². The third-order valence-corrected chi connectivity index (χ3v) is 8.21. The van der Waals surface area contributed by atoms with E-state index in [1.807, 2.05) is 0 Å². The summed E-state index contributed by atoms with van der Waals surface area (Å²) in [5, 5.41) is 18.0. The number of aliphatic hydroxyl groups excluding tert-OH is 1. The minimum Gasteiger partial charge on any atom is -0.393 e. The maximum atomic E-state index is 11.7. The zero-order valence-electron chi connectivity index (χ0n) is 20.1. The summed E-state index contributed by atoms with van der Waals surface area (Å²) < 4.78 is 2.07. The van der Waals surface area contributed by atoms with E-state index in [1.54, 1.807) is 24.4 Å². The lowest BCUT2D eigenvalue weighted by Crippen LogP contribution is -2.35. The largest absolute Gasteiger partial charge is 0.393 e. The number of carbonyl (C=O) groups is 1. The number of aliphatic hydroxyl groups is 1. The fourth-order valence-electron chi connectivity index (χ4n) is 5.35. The number of para-hydroxylation sites is 1. The molecule has 3 aromatic rings. The first-order valence-electron chi connectivity index (χ1n) is 12.5. The Kier molecular flexibility index (Phi) is 7.23. The van der Waals surface area contributed by atoms with Crippen LogP contribution in [0, 0.1) is 11.8 Å². The van der Waals surface area contributed by atoms with Crippen LogP contribution < -0.4 is 16.4 Å². The number of hydrogen-bond acceptors (Lipinski definition) is 7. The number of nitrogens with zero attached hydrogens (tertiary/aromatic N) is 4. The van der Waals surface area contributed by atoms with Crippen molar-refractivity contribution in [2.24, 2.45) is 17.6 Å². The second kappa shape index (κ2) is 10.4. The molecule has 0 spiro atoms. The van der Waals surface area contributed by atoms with Gasteiger partial charge in [0.05, 0.1) is 28.0 Å². The Balaban J connectivity index is 1.49. The van der Waals surface area contributed by atoms with Crippen molar-refractivity contribution in [3.8, 4) is 0 Å². The first kappa shape index (κ1) is 25.0. The summed E-state index contributed by atoms with van der Waals surface area (Å²) in [4.78, 5) is 25.9. The third kappa shape index (κ3) is 5.10. The molecule has 1 amide bonds. The summed E-state index contributed by atoms with van der Waals surface area (Å²) in [5.41, 5.74) is 7.46. The van der Waals surface area contributed by atoms with Gasteiger partial charge < -0.3 is 21.5 Å². The molecule has 2 heterocycles. The van der Waals surface area contributed by atoms with Crippen LogP contribution >= 0.6 is 23.2 Å². The number of amides is 1. The lowest BCUT2D eigenvalue weighted by Gasteiger charge is -2.31. The molecule has 9 nitrogen and oxygen atoms in total. The molecule has 0 saturated heterocycles. The van der Waals surface area contributed by atoms with Gasteiger partial charge in [0.2, 0.25) is 17.8 Å². The van der Waals surface area contributed by atoms with Gasteiger partial charge in [0, 0.05) is 18.0 Å². The molecule has 1 unspecified atom stereocenters. The van der Waals surface area contributed by atoms with Crippen LogP contribution in [-0.2, 0) is 4.79 Å². The molecule has 5 rings (SSSR count). The number of hydrogen-bond donors (Lipinski definition) is 4. The van der Waals surface area contributed by atoms with E-state index in [0.29, 0.717) is 64.0 Å². The number of nitrogens with two attached hydrogens (primary N) is 1. The SMILES string of the molecule is C[C@@H]1CCC(Nc2ncc3nc(Nc4c(Cl)cccc4Cl)n([C@H]4CC[C@@H](C(N)=O)CC4)c3n2)C[C@H]1O. The summed E-state index contributed by atoms with van der Waals surface area (Å²) in [5.74, 6) is 1.01. The molecule has 2 fully saturated rings. The van der Waals surface area contributed by atoms with Gasteiger partial charge in [-0.05, 0) is 63.0 Å². The summed E-state index contributed by atoms with van der Waals surface area (Å²) >= 11 is 12.9. The smallest absolute Gasteiger partial charge is 0.224 e. The van der Waals surface area contributed by atoms with Crippen LogP contribution in [0.5, 0.6) is 0 Å². The predicted molar refractivity (Wildman–Crippen MR) is 142 cm³/mol. The number of aromatic nitrogens is 4. The van der Waals surface area contributed by atoms with E-state index in [-0.39, 0.29) is 30.0 Å². The zero-order chi connectivity index (χ0) is 25.4. The minimum absolute atomic E-state index is 0.0643. The predicted octanol–water partition coefficient (Wildman–Crippen LogP) is 5.05. The number of carbonyl (C=O) groups excluding carboxylic acids is 1. The van der Waals surface area contributed by atoms with E-state index in [1.165, 1.54) is 0 Å². The van der Waals surface area contributed by atoms with E-state index < -0.39 is 0 Å². The fourth-order valence-corrected chi connectivity index (χ4v) is 5.85. The second-order valence-corrected chi connectivity index (χ2v) is 10.9. The lowest BCUT2D eigenvalue weighted by molar-refractivity contribution is -0.122. The van der Waals surface area contributed by atoms with E-state index in [2.05, 4.69) is 27.1 Å². The minimum atomic E-state index is -0.331. The van der Waals surface area contributed by atoms with Gasteiger partial charge in [-0.2, -0.15) is 4.98 Å². The third-order valence-electron chi connectivity index (χ3n) is 7.58. The molecule has 2 saturated carbocycles. The monoisotopic (exact) mass is 531 g/mol. The zero-order valence-corrected chi connectivity index (χ0v) is 21.6. The summed E-state index contributed by atoms with van der Waals surface area (Å²) in [6, 6.07) is 5.49. The highest BCUT2D eigenvalue weighted by Crippen LogP contribution is 2.39. The van der Waals surface area contributed by atoms with Crippen molar-refractivity contribution in [2.45, 2.75) is 70.1 Å². The van der Waals surface area contributed by atoms with Crippen LogP contribution in [0.3, 0.4) is 0 Å². The highest BCUT2D eigenvalue weighted by atomic mass is 35.5. The van der Waals surface area contributed by atoms with Crippen LogP contribution in [0.4, 0.5) is 17.6 Å². The molecule has 1 aromatic carbocycles. The van der Waals surface area contributed by atoms with Crippen molar-refractivity contribution >= 4 is 57.9 Å². The molecule has 2 aliphatic rings. The quantitative estimate of drug-likeness (QED) is 0.349. The molecule has 2 aromatic heterocycles. The molecule has 0 bridgehead atoms. The van der Waals surface area contributed by atoms with Crippen molar-refractivity contribution in [3.05, 3.63) is 34.4 Å². The Labute approximate surface area is 219 Å². The summed E-state index contributed by atoms with van der Waals surface area (Å²) in [6.45, 7) is 2.08. The van der Waals surface area contributed by atoms with Crippen LogP contribution in [0.1, 0.15) is 57.9 Å². The van der Waals surface area contributed by atoms with Crippen LogP contribution in [0.15, 0.2) is 24.4 Å². The number of nitrogens with one attached hydrogen (secondary N) is 2. The first-order valence-corrected chi connectivity index (χ1v) is 13.3. The molecule has 192 valence electrons. The molecule has 3 atom stereocenters. The molecular weight excluding hydrogens is 501 g/mol. The van der Waals surface area contributed by atoms with Crippen LogP contribution in [0.2, 0.25) is 10.0 Å². The Morgan fingerprint density at radius 3 is 2.50 bits per heavy atom. The molecule has 0 radical (unpaired) electrons. The second-order valence-electron chi connectivity index (χ2n) is 10.0. The number of anilines is 3. The number of halogens is 2. The van der Waals surface area contributed by atoms with E-state index in [0.717, 1.165) is 25.7 Å². The van der Waals surface area contributed by atoms with Crippen LogP contribution in [-0.4, -0.2) is 42.7 Å². The number of rotatable bonds is 6. The van der Waals surface area contributed by atoms with Gasteiger partial charge in [-0.15, -0.1) is 0 Å². The van der Waals surface area contributed by atoms with Crippen LogP contribution in [0.25, 0.3) is 11.2 Å². The first-order chi connectivity index (χ1) is 17.3. The van der Waals surface area contributed by atoms with Gasteiger partial charge in [-0.3, -0.25) is 9.36 Å². The van der Waals surface area contributed by atoms with Crippen molar-refractivity contribution in [2.75, 3.05) is 10.6 Å². The topological polar surface area (TPSA) is 131 Å². The van der Waals surface area contributed by atoms with Gasteiger partial charge >= 0.3 is 0 Å². The van der Waals surface area contributed by atoms with Crippen molar-refractivity contribution in [3.63, 3.8) is 0 Å². The number of benzene rings is 1. The lowest BCUT2D eigenvalue weighted by atomic mass is 9.85. The van der Waals surface area contributed by atoms with E-state index in [4.69, 9.17) is 38.9 Å². The Bertz CT molecular complexity index is 1240. The molecule has 2 aliphatic carbocycles. The standard InChI is InChI=1S/C25H31Cl2N7O2/c1-13-5-8-15(11-20(13)35)30-24-29-12-19-23(33-24)34(16-9-6-14(7-10-16)22(28)36)25(31-19)32-21-17(26)3-2-4-18(21)27/h2-4,12-16,20,35H,5-11H2,1H3,(H2,28,36)(H,31,32)(H,29,30,33)/t13-,14-,15?,16+,20-/m1/s1. The molecular formula is C25H31Cl2N7O2. The molecule has 11 heteroatoms. The number of fused-ring (bicyclic) bond motifs is 1. The van der Waals surface area contributed by atoms with Gasteiger partial charge in [-0.25, -0.2) is 9.97 Å². The molecule has 5 N–H and O–H groups in total. The fraction of sp³-hybridized carbons (Fsp3) is 0.520. The maximum absolute atomic E-state index is 11.7. The highest BCUT2D eigenvalue weighted by Gasteiger charge is 2.30. The normalized spacial score (nSPS) is 26.6. The maximum Gasteiger partial charge on any atom is 0.224 e. The van der Waals surface area contributed by atoms with Gasteiger partial charge in [0.1, 0.15) is 5.52 Å². The van der Waals surface area contributed by atoms with Gasteiger partial charge in [0.25, 0.3) is 0 Å². The Hall–Kier alpha value is -2.62. The molecule has 0 aliphatic heterocycles. The van der Waals surface area contributed by atoms with Gasteiger partial charge in [-0.1, -0.05) is 36.2 Å². The average molecular weight is 532 g/mol. The van der Waals surface area contributed by atoms with Crippen molar-refractivity contribution < 1.29 is 9.90 Å². The van der Waals surface area contributed by atoms with E-state index >= 15 is 0 Å². The van der Waals surface area contributed by atoms with E-state index in [9.17, 15) is 9.90 Å². The summed E-state index contributed by atoms with van der Waals surface area (Å²) in [7, 11) is 0. The van der Waals surface area contributed by atoms with Crippen molar-refractivity contribution in [1.29, 1.82) is 0 Å². The average Bonchev–Trinajstić information content (AvgIpc) is 3.21.